The molecule has 102 valence electrons. The number of nitrogens with zero attached hydrogens (tertiary/aromatic N) is 2. The maximum absolute atomic E-state index is 5.86. The fourth-order valence-corrected chi connectivity index (χ4v) is 3.51. The van der Waals surface area contributed by atoms with Crippen LogP contribution in [-0.2, 0) is 0 Å². The number of hydrogen-bond donors (Lipinski definition) is 1. The molecule has 0 saturated heterocycles. The van der Waals surface area contributed by atoms with Crippen LogP contribution in [0.25, 0.3) is 11.0 Å². The molecule has 1 aliphatic carbocycles. The highest BCUT2D eigenvalue weighted by molar-refractivity contribution is 5.79. The van der Waals surface area contributed by atoms with Crippen molar-refractivity contribution in [3.63, 3.8) is 0 Å². The van der Waals surface area contributed by atoms with Crippen LogP contribution in [0.2, 0.25) is 0 Å². The van der Waals surface area contributed by atoms with Gasteiger partial charge in [0, 0.05) is 11.7 Å². The number of benzene rings is 1. The number of hydrogen-bond acceptors (Lipinski definition) is 2. The van der Waals surface area contributed by atoms with Crippen LogP contribution >= 0.6 is 0 Å². The summed E-state index contributed by atoms with van der Waals surface area (Å²) >= 11 is 0. The fraction of sp³-hybridized carbons (Fsp3) is 0.562. The van der Waals surface area contributed by atoms with E-state index in [-0.39, 0.29) is 0 Å². The summed E-state index contributed by atoms with van der Waals surface area (Å²) in [7, 11) is 0. The number of aryl methyl sites for hydroxylation is 1. The van der Waals surface area contributed by atoms with Gasteiger partial charge in [0.1, 0.15) is 5.82 Å². The first-order valence-corrected chi connectivity index (χ1v) is 7.41. The first-order valence-electron chi connectivity index (χ1n) is 7.41. The molecule has 1 aromatic carbocycles. The molecule has 1 heterocycles. The summed E-state index contributed by atoms with van der Waals surface area (Å²) in [5, 5.41) is 0. The van der Waals surface area contributed by atoms with E-state index in [1.165, 1.54) is 37.6 Å². The van der Waals surface area contributed by atoms with Gasteiger partial charge in [-0.25, -0.2) is 4.98 Å². The summed E-state index contributed by atoms with van der Waals surface area (Å²) < 4.78 is 2.45. The Morgan fingerprint density at radius 1 is 1.21 bits per heavy atom. The molecule has 3 nitrogen and oxygen atoms in total. The Bertz CT molecular complexity index is 585. The average Bonchev–Trinajstić information content (AvgIpc) is 2.54. The van der Waals surface area contributed by atoms with Crippen LogP contribution in [0.1, 0.15) is 50.9 Å². The molecular weight excluding hydrogens is 234 g/mol. The molecule has 1 fully saturated rings. The van der Waals surface area contributed by atoms with Crippen LogP contribution in [0, 0.1) is 12.8 Å². The van der Waals surface area contributed by atoms with E-state index in [2.05, 4.69) is 24.5 Å². The number of nitrogens with two attached hydrogens (primary N) is 1. The molecule has 19 heavy (non-hydrogen) atoms. The molecule has 0 amide bonds. The van der Waals surface area contributed by atoms with Gasteiger partial charge in [0.2, 0.25) is 0 Å². The van der Waals surface area contributed by atoms with Crippen molar-refractivity contribution in [3.8, 4) is 0 Å². The van der Waals surface area contributed by atoms with E-state index in [0.29, 0.717) is 6.04 Å². The van der Waals surface area contributed by atoms with E-state index in [0.717, 1.165) is 22.9 Å². The second-order valence-corrected chi connectivity index (χ2v) is 5.96. The third kappa shape index (κ3) is 2.22. The molecule has 0 aliphatic heterocycles. The normalized spacial score (nSPS) is 24.5. The minimum absolute atomic E-state index is 0.594. The lowest BCUT2D eigenvalue weighted by molar-refractivity contribution is 0.336. The largest absolute Gasteiger partial charge is 0.399 e. The highest BCUT2D eigenvalue weighted by atomic mass is 15.1. The molecule has 2 atom stereocenters. The van der Waals surface area contributed by atoms with Crippen LogP contribution in [0.5, 0.6) is 0 Å². The Hall–Kier alpha value is -1.51. The first kappa shape index (κ1) is 12.5. The maximum Gasteiger partial charge on any atom is 0.106 e. The first-order chi connectivity index (χ1) is 9.16. The number of aromatic nitrogens is 2. The molecule has 0 bridgehead atoms. The van der Waals surface area contributed by atoms with Crippen molar-refractivity contribution in [2.45, 2.75) is 52.0 Å². The maximum atomic E-state index is 5.86. The zero-order chi connectivity index (χ0) is 13.4. The van der Waals surface area contributed by atoms with Gasteiger partial charge in [-0.2, -0.15) is 0 Å². The zero-order valence-electron chi connectivity index (χ0n) is 11.9. The van der Waals surface area contributed by atoms with E-state index in [9.17, 15) is 0 Å². The quantitative estimate of drug-likeness (QED) is 0.618. The molecule has 1 aromatic heterocycles. The number of nitrogen functional groups attached to an aromatic ring is 1. The molecule has 0 spiro atoms. The topological polar surface area (TPSA) is 43.8 Å². The molecule has 2 unspecified atom stereocenters. The van der Waals surface area contributed by atoms with E-state index >= 15 is 0 Å². The van der Waals surface area contributed by atoms with E-state index in [1.807, 2.05) is 12.1 Å². The van der Waals surface area contributed by atoms with Gasteiger partial charge in [-0.15, -0.1) is 0 Å². The summed E-state index contributed by atoms with van der Waals surface area (Å²) in [4.78, 5) is 4.70. The highest BCUT2D eigenvalue weighted by Gasteiger charge is 2.24. The van der Waals surface area contributed by atoms with Crippen LogP contribution < -0.4 is 5.73 Å². The Morgan fingerprint density at radius 3 is 2.84 bits per heavy atom. The second kappa shape index (κ2) is 4.87. The molecule has 2 aromatic rings. The van der Waals surface area contributed by atoms with Gasteiger partial charge >= 0.3 is 0 Å². The molecular formula is C16H23N3. The van der Waals surface area contributed by atoms with Gasteiger partial charge in [-0.3, -0.25) is 0 Å². The van der Waals surface area contributed by atoms with Crippen LogP contribution in [-0.4, -0.2) is 9.55 Å². The van der Waals surface area contributed by atoms with Gasteiger partial charge in [0.05, 0.1) is 11.0 Å². The third-order valence-electron chi connectivity index (χ3n) is 4.54. The smallest absolute Gasteiger partial charge is 0.106 e. The summed E-state index contributed by atoms with van der Waals surface area (Å²) in [5.74, 6) is 1.86. The van der Waals surface area contributed by atoms with Gasteiger partial charge in [0.15, 0.2) is 0 Å². The number of fused-ring (bicyclic) bond motifs is 1. The minimum atomic E-state index is 0.594. The van der Waals surface area contributed by atoms with Crippen LogP contribution in [0.4, 0.5) is 5.69 Å². The van der Waals surface area contributed by atoms with Gasteiger partial charge in [-0.1, -0.05) is 26.2 Å². The van der Waals surface area contributed by atoms with Crippen molar-refractivity contribution in [1.29, 1.82) is 0 Å². The van der Waals surface area contributed by atoms with Gasteiger partial charge in [0.25, 0.3) is 0 Å². The van der Waals surface area contributed by atoms with Gasteiger partial charge < -0.3 is 10.3 Å². The van der Waals surface area contributed by atoms with E-state index in [4.69, 9.17) is 10.7 Å². The Balaban J connectivity index is 2.10. The lowest BCUT2D eigenvalue weighted by Gasteiger charge is -2.25. The SMILES string of the molecule is Cc1nc2cc(N)ccc2n1C1CCCCCC1C. The zero-order valence-corrected chi connectivity index (χ0v) is 11.9. The monoisotopic (exact) mass is 257 g/mol. The molecule has 0 radical (unpaired) electrons. The summed E-state index contributed by atoms with van der Waals surface area (Å²) in [6, 6.07) is 6.69. The minimum Gasteiger partial charge on any atom is -0.399 e. The average molecular weight is 257 g/mol. The fourth-order valence-electron chi connectivity index (χ4n) is 3.51. The highest BCUT2D eigenvalue weighted by Crippen LogP contribution is 2.35. The van der Waals surface area contributed by atoms with E-state index in [1.54, 1.807) is 0 Å². The van der Waals surface area contributed by atoms with Gasteiger partial charge in [-0.05, 0) is 43.9 Å². The summed E-state index contributed by atoms with van der Waals surface area (Å²) in [6.07, 6.45) is 6.69. The number of anilines is 1. The Kier molecular flexibility index (Phi) is 3.21. The van der Waals surface area contributed by atoms with Crippen molar-refractivity contribution in [3.05, 3.63) is 24.0 Å². The molecule has 3 rings (SSSR count). The lowest BCUT2D eigenvalue weighted by Crippen LogP contribution is -2.17. The predicted octanol–water partition coefficient (Wildman–Crippen LogP) is 4.07. The standard InChI is InChI=1S/C16H23N3/c1-11-6-4-3-5-7-15(11)19-12(2)18-14-10-13(17)8-9-16(14)19/h8-11,15H,3-7,17H2,1-2H3. The van der Waals surface area contributed by atoms with Crippen molar-refractivity contribution in [1.82, 2.24) is 9.55 Å². The predicted molar refractivity (Wildman–Crippen MR) is 80.2 cm³/mol. The van der Waals surface area contributed by atoms with Crippen molar-refractivity contribution >= 4 is 16.7 Å². The lowest BCUT2D eigenvalue weighted by atomic mass is 9.96. The van der Waals surface area contributed by atoms with E-state index < -0.39 is 0 Å². The molecule has 1 aliphatic rings. The summed E-state index contributed by atoms with van der Waals surface area (Å²) in [6.45, 7) is 4.51. The van der Waals surface area contributed by atoms with Crippen LogP contribution in [0.15, 0.2) is 18.2 Å². The third-order valence-corrected chi connectivity index (χ3v) is 4.54. The molecule has 2 N–H and O–H groups in total. The Labute approximate surface area is 114 Å². The van der Waals surface area contributed by atoms with Crippen LogP contribution in [0.3, 0.4) is 0 Å². The number of rotatable bonds is 1. The molecule has 1 saturated carbocycles. The van der Waals surface area contributed by atoms with Crippen molar-refractivity contribution in [2.24, 2.45) is 5.92 Å². The second-order valence-electron chi connectivity index (χ2n) is 5.96. The summed E-state index contributed by atoms with van der Waals surface area (Å²) in [5.41, 5.74) is 8.94. The van der Waals surface area contributed by atoms with Crippen molar-refractivity contribution < 1.29 is 0 Å². The number of imidazole rings is 1. The van der Waals surface area contributed by atoms with Crippen molar-refractivity contribution in [2.75, 3.05) is 5.73 Å². The Morgan fingerprint density at radius 2 is 2.00 bits per heavy atom. The molecule has 3 heteroatoms.